The van der Waals surface area contributed by atoms with Crippen LogP contribution in [0.5, 0.6) is 0 Å². The lowest BCUT2D eigenvalue weighted by molar-refractivity contribution is 0.0466. The highest BCUT2D eigenvalue weighted by Gasteiger charge is 2.25. The van der Waals surface area contributed by atoms with Crippen LogP contribution in [0, 0.1) is 6.92 Å². The Kier molecular flexibility index (Phi) is 3.82. The topological polar surface area (TPSA) is 58.4 Å². The van der Waals surface area contributed by atoms with Crippen molar-refractivity contribution in [3.8, 4) is 11.3 Å². The Bertz CT molecular complexity index is 662. The third-order valence-electron chi connectivity index (χ3n) is 3.82. The van der Waals surface area contributed by atoms with Crippen molar-refractivity contribution in [2.75, 3.05) is 13.1 Å². The van der Waals surface area contributed by atoms with E-state index in [1.165, 1.54) is 0 Å². The van der Waals surface area contributed by atoms with Crippen molar-refractivity contribution < 1.29 is 9.90 Å². The van der Waals surface area contributed by atoms with Gasteiger partial charge in [0.15, 0.2) is 0 Å². The number of aryl methyl sites for hydroxylation is 2. The van der Waals surface area contributed by atoms with E-state index in [1.54, 1.807) is 16.2 Å². The summed E-state index contributed by atoms with van der Waals surface area (Å²) in [4.78, 5) is 18.8. The summed E-state index contributed by atoms with van der Waals surface area (Å²) in [6, 6.07) is 1.89. The van der Waals surface area contributed by atoms with E-state index in [1.807, 2.05) is 36.2 Å². The second kappa shape index (κ2) is 5.61. The summed E-state index contributed by atoms with van der Waals surface area (Å²) >= 11 is 1.60. The average Bonchev–Trinajstić information content (AvgIpc) is 3.04. The lowest BCUT2D eigenvalue weighted by Gasteiger charge is -2.30. The number of piperidine rings is 1. The van der Waals surface area contributed by atoms with Gasteiger partial charge in [-0.25, -0.2) is 4.98 Å². The SMILES string of the molecule is Cc1nc(-c2cc(C(=O)N3CCC[C@H](O)C3)n(C)c2)cs1. The highest BCUT2D eigenvalue weighted by Crippen LogP contribution is 2.24. The van der Waals surface area contributed by atoms with Crippen LogP contribution in [0.1, 0.15) is 28.3 Å². The molecule has 0 unspecified atom stereocenters. The van der Waals surface area contributed by atoms with Crippen molar-refractivity contribution in [3.63, 3.8) is 0 Å². The van der Waals surface area contributed by atoms with Crippen LogP contribution < -0.4 is 0 Å². The molecule has 0 saturated carbocycles. The smallest absolute Gasteiger partial charge is 0.270 e. The fourth-order valence-electron chi connectivity index (χ4n) is 2.71. The van der Waals surface area contributed by atoms with Crippen LogP contribution in [0.3, 0.4) is 0 Å². The van der Waals surface area contributed by atoms with Gasteiger partial charge in [0.05, 0.1) is 16.8 Å². The molecule has 2 aromatic heterocycles. The Hall–Kier alpha value is -1.66. The number of carbonyl (C=O) groups excluding carboxylic acids is 1. The van der Waals surface area contributed by atoms with Crippen LogP contribution in [-0.2, 0) is 7.05 Å². The monoisotopic (exact) mass is 305 g/mol. The van der Waals surface area contributed by atoms with E-state index in [9.17, 15) is 9.90 Å². The van der Waals surface area contributed by atoms with Crippen molar-refractivity contribution >= 4 is 17.2 Å². The van der Waals surface area contributed by atoms with E-state index in [0.717, 1.165) is 29.1 Å². The molecule has 1 N–H and O–H groups in total. The largest absolute Gasteiger partial charge is 0.391 e. The summed E-state index contributed by atoms with van der Waals surface area (Å²) < 4.78 is 1.84. The number of aliphatic hydroxyl groups excluding tert-OH is 1. The summed E-state index contributed by atoms with van der Waals surface area (Å²) in [5.74, 6) is -0.0190. The van der Waals surface area contributed by atoms with Crippen molar-refractivity contribution in [1.29, 1.82) is 0 Å². The minimum Gasteiger partial charge on any atom is -0.391 e. The van der Waals surface area contributed by atoms with E-state index >= 15 is 0 Å². The summed E-state index contributed by atoms with van der Waals surface area (Å²) in [5.41, 5.74) is 2.51. The van der Waals surface area contributed by atoms with Crippen LogP contribution in [-0.4, -0.2) is 44.7 Å². The Balaban J connectivity index is 1.85. The average molecular weight is 305 g/mol. The number of thiazole rings is 1. The molecule has 1 aliphatic rings. The van der Waals surface area contributed by atoms with Crippen LogP contribution in [0.2, 0.25) is 0 Å². The van der Waals surface area contributed by atoms with Crippen molar-refractivity contribution in [2.24, 2.45) is 7.05 Å². The third-order valence-corrected chi connectivity index (χ3v) is 4.60. The second-order valence-corrected chi connectivity index (χ2v) is 6.59. The van der Waals surface area contributed by atoms with Gasteiger partial charge in [0.1, 0.15) is 5.69 Å². The summed E-state index contributed by atoms with van der Waals surface area (Å²) in [6.07, 6.45) is 3.17. The van der Waals surface area contributed by atoms with Crippen molar-refractivity contribution in [1.82, 2.24) is 14.5 Å². The van der Waals surface area contributed by atoms with Gasteiger partial charge in [-0.3, -0.25) is 4.79 Å². The molecular formula is C15H19N3O2S. The number of aromatic nitrogens is 2. The van der Waals surface area contributed by atoms with E-state index < -0.39 is 6.10 Å². The minimum atomic E-state index is -0.399. The van der Waals surface area contributed by atoms with Gasteiger partial charge < -0.3 is 14.6 Å². The number of β-amino-alcohol motifs (C(OH)–C–C–N with tert-alkyl or cyclic N) is 1. The summed E-state index contributed by atoms with van der Waals surface area (Å²) in [5, 5.41) is 12.7. The quantitative estimate of drug-likeness (QED) is 0.924. The van der Waals surface area contributed by atoms with Crippen LogP contribution in [0.4, 0.5) is 0 Å². The maximum atomic E-state index is 12.6. The predicted octanol–water partition coefficient (Wildman–Crippen LogP) is 2.05. The summed E-state index contributed by atoms with van der Waals surface area (Å²) in [6.45, 7) is 3.11. The number of likely N-dealkylation sites (tertiary alicyclic amines) is 1. The van der Waals surface area contributed by atoms with Gasteiger partial charge in [-0.2, -0.15) is 0 Å². The maximum absolute atomic E-state index is 12.6. The van der Waals surface area contributed by atoms with E-state index in [-0.39, 0.29) is 5.91 Å². The number of rotatable bonds is 2. The minimum absolute atomic E-state index is 0.0190. The molecule has 0 bridgehead atoms. The van der Waals surface area contributed by atoms with E-state index in [2.05, 4.69) is 4.98 Å². The fraction of sp³-hybridized carbons (Fsp3) is 0.467. The first-order valence-corrected chi connectivity index (χ1v) is 7.99. The first kappa shape index (κ1) is 14.3. The highest BCUT2D eigenvalue weighted by atomic mass is 32.1. The zero-order valence-corrected chi connectivity index (χ0v) is 13.1. The van der Waals surface area contributed by atoms with Crippen LogP contribution in [0.15, 0.2) is 17.6 Å². The highest BCUT2D eigenvalue weighted by molar-refractivity contribution is 7.09. The summed E-state index contributed by atoms with van der Waals surface area (Å²) in [7, 11) is 1.87. The maximum Gasteiger partial charge on any atom is 0.270 e. The number of nitrogens with zero attached hydrogens (tertiary/aromatic N) is 3. The zero-order valence-electron chi connectivity index (χ0n) is 12.2. The Morgan fingerprint density at radius 2 is 2.33 bits per heavy atom. The number of hydrogen-bond acceptors (Lipinski definition) is 4. The Morgan fingerprint density at radius 1 is 1.52 bits per heavy atom. The molecule has 3 heterocycles. The van der Waals surface area contributed by atoms with Crippen LogP contribution >= 0.6 is 11.3 Å². The van der Waals surface area contributed by atoms with Gasteiger partial charge >= 0.3 is 0 Å². The second-order valence-electron chi connectivity index (χ2n) is 5.52. The van der Waals surface area contributed by atoms with Gasteiger partial charge in [0.25, 0.3) is 5.91 Å². The molecule has 0 spiro atoms. The van der Waals surface area contributed by atoms with Gasteiger partial charge in [0, 0.05) is 37.3 Å². The lowest BCUT2D eigenvalue weighted by atomic mass is 10.1. The lowest BCUT2D eigenvalue weighted by Crippen LogP contribution is -2.42. The number of carbonyl (C=O) groups is 1. The molecule has 1 atom stereocenters. The molecule has 6 heteroatoms. The number of amides is 1. The van der Waals surface area contributed by atoms with Crippen LogP contribution in [0.25, 0.3) is 11.3 Å². The van der Waals surface area contributed by atoms with E-state index in [0.29, 0.717) is 18.8 Å². The molecule has 0 radical (unpaired) electrons. The molecule has 1 fully saturated rings. The fourth-order valence-corrected chi connectivity index (χ4v) is 3.34. The molecule has 1 amide bonds. The molecule has 0 aromatic carbocycles. The predicted molar refractivity (Wildman–Crippen MR) is 82.4 cm³/mol. The van der Waals surface area contributed by atoms with Gasteiger partial charge in [-0.05, 0) is 25.8 Å². The molecule has 5 nitrogen and oxygen atoms in total. The van der Waals surface area contributed by atoms with Gasteiger partial charge in [-0.15, -0.1) is 11.3 Å². The standard InChI is InChI=1S/C15H19N3O2S/c1-10-16-13(9-21-10)11-6-14(17(2)7-11)15(20)18-5-3-4-12(19)8-18/h6-7,9,12,19H,3-5,8H2,1-2H3/t12-/m0/s1. The van der Waals surface area contributed by atoms with Crippen molar-refractivity contribution in [2.45, 2.75) is 25.9 Å². The first-order valence-electron chi connectivity index (χ1n) is 7.11. The molecule has 2 aromatic rings. The molecule has 1 saturated heterocycles. The molecule has 21 heavy (non-hydrogen) atoms. The van der Waals surface area contributed by atoms with Gasteiger partial charge in [-0.1, -0.05) is 0 Å². The molecule has 1 aliphatic heterocycles. The molecule has 112 valence electrons. The first-order chi connectivity index (χ1) is 10.0. The Morgan fingerprint density at radius 3 is 3.00 bits per heavy atom. The van der Waals surface area contributed by atoms with E-state index in [4.69, 9.17) is 0 Å². The molecular weight excluding hydrogens is 286 g/mol. The zero-order chi connectivity index (χ0) is 15.0. The van der Waals surface area contributed by atoms with Crippen molar-refractivity contribution in [3.05, 3.63) is 28.3 Å². The molecule has 3 rings (SSSR count). The molecule has 0 aliphatic carbocycles. The number of hydrogen-bond donors (Lipinski definition) is 1. The Labute approximate surface area is 127 Å². The third kappa shape index (κ3) is 2.87. The number of aliphatic hydroxyl groups is 1. The normalized spacial score (nSPS) is 19.0. The van der Waals surface area contributed by atoms with Gasteiger partial charge in [0.2, 0.25) is 0 Å².